The van der Waals surface area contributed by atoms with Crippen molar-refractivity contribution in [2.75, 3.05) is 0 Å². The van der Waals surface area contributed by atoms with E-state index in [0.717, 1.165) is 0 Å². The van der Waals surface area contributed by atoms with Crippen LogP contribution in [0.3, 0.4) is 0 Å². The van der Waals surface area contributed by atoms with E-state index in [2.05, 4.69) is 19.0 Å². The minimum atomic E-state index is -1.04. The Morgan fingerprint density at radius 2 is 2.18 bits per heavy atom. The maximum atomic E-state index is 11.0. The third kappa shape index (κ3) is 2.36. The molecule has 0 spiro atoms. The number of allylic oxidation sites excluding steroid dienone is 6. The average Bonchev–Trinajstić information content (AvgIpc) is 2.65. The third-order valence-corrected chi connectivity index (χ3v) is 2.56. The fraction of sp³-hybridized carbons (Fsp3) is 0.231. The van der Waals surface area contributed by atoms with Gasteiger partial charge in [0.25, 0.3) is 0 Å². The standard InChI is InChI=1S/C13H13NO3/c1-13(2)6-3-4-9(5-7-13)11-10(12(15)16)8-14-17-11/h3-8H,1-2H3,(H,15,16). The Morgan fingerprint density at radius 1 is 1.41 bits per heavy atom. The number of aromatic nitrogens is 1. The van der Waals surface area contributed by atoms with Gasteiger partial charge >= 0.3 is 5.97 Å². The highest BCUT2D eigenvalue weighted by Gasteiger charge is 2.19. The lowest BCUT2D eigenvalue weighted by Crippen LogP contribution is -2.01. The Balaban J connectivity index is 2.42. The van der Waals surface area contributed by atoms with Crippen LogP contribution in [0.1, 0.15) is 30.0 Å². The molecule has 0 bridgehead atoms. The highest BCUT2D eigenvalue weighted by molar-refractivity contribution is 5.94. The normalized spacial score (nSPS) is 17.6. The molecule has 1 N–H and O–H groups in total. The molecular formula is C13H13NO3. The quantitative estimate of drug-likeness (QED) is 0.850. The van der Waals surface area contributed by atoms with Crippen molar-refractivity contribution in [2.45, 2.75) is 13.8 Å². The fourth-order valence-electron chi connectivity index (χ4n) is 1.57. The minimum absolute atomic E-state index is 0.0539. The van der Waals surface area contributed by atoms with Crippen molar-refractivity contribution < 1.29 is 14.4 Å². The summed E-state index contributed by atoms with van der Waals surface area (Å²) in [6, 6.07) is 0. The highest BCUT2D eigenvalue weighted by Crippen LogP contribution is 2.28. The van der Waals surface area contributed by atoms with Gasteiger partial charge in [0, 0.05) is 11.0 Å². The van der Waals surface area contributed by atoms with Crippen LogP contribution in [-0.4, -0.2) is 16.2 Å². The topological polar surface area (TPSA) is 63.3 Å². The van der Waals surface area contributed by atoms with Crippen molar-refractivity contribution >= 4 is 11.5 Å². The molecule has 4 heteroatoms. The SMILES string of the molecule is CC1(C)C=CC=C(c2oncc2C(=O)O)C=C1. The Morgan fingerprint density at radius 3 is 2.88 bits per heavy atom. The lowest BCUT2D eigenvalue weighted by Gasteiger charge is -2.12. The van der Waals surface area contributed by atoms with Gasteiger partial charge < -0.3 is 9.63 Å². The summed E-state index contributed by atoms with van der Waals surface area (Å²) in [7, 11) is 0. The van der Waals surface area contributed by atoms with Gasteiger partial charge in [-0.1, -0.05) is 49.4 Å². The van der Waals surface area contributed by atoms with Gasteiger partial charge in [0.2, 0.25) is 0 Å². The van der Waals surface area contributed by atoms with Gasteiger partial charge in [-0.05, 0) is 0 Å². The van der Waals surface area contributed by atoms with E-state index in [1.165, 1.54) is 6.20 Å². The maximum absolute atomic E-state index is 11.0. The van der Waals surface area contributed by atoms with Crippen LogP contribution in [0.15, 0.2) is 41.1 Å². The van der Waals surface area contributed by atoms with Gasteiger partial charge in [0.05, 0.1) is 6.20 Å². The van der Waals surface area contributed by atoms with E-state index in [-0.39, 0.29) is 16.7 Å². The summed E-state index contributed by atoms with van der Waals surface area (Å²) < 4.78 is 5.00. The molecule has 1 heterocycles. The van der Waals surface area contributed by atoms with E-state index in [9.17, 15) is 4.79 Å². The second-order valence-corrected chi connectivity index (χ2v) is 4.51. The van der Waals surface area contributed by atoms with E-state index >= 15 is 0 Å². The molecule has 0 radical (unpaired) electrons. The fourth-order valence-corrected chi connectivity index (χ4v) is 1.57. The Labute approximate surface area is 98.9 Å². The number of hydrogen-bond donors (Lipinski definition) is 1. The largest absolute Gasteiger partial charge is 0.477 e. The van der Waals surface area contributed by atoms with Crippen molar-refractivity contribution in [1.82, 2.24) is 5.16 Å². The predicted octanol–water partition coefficient (Wildman–Crippen LogP) is 2.91. The van der Waals surface area contributed by atoms with Crippen LogP contribution in [0, 0.1) is 5.41 Å². The molecule has 0 amide bonds. The van der Waals surface area contributed by atoms with Crippen molar-refractivity contribution in [1.29, 1.82) is 0 Å². The predicted molar refractivity (Wildman–Crippen MR) is 63.5 cm³/mol. The summed E-state index contributed by atoms with van der Waals surface area (Å²) in [4.78, 5) is 11.0. The summed E-state index contributed by atoms with van der Waals surface area (Å²) in [6.45, 7) is 4.13. The molecule has 1 aromatic heterocycles. The van der Waals surface area contributed by atoms with Crippen molar-refractivity contribution in [3.63, 3.8) is 0 Å². The first-order valence-corrected chi connectivity index (χ1v) is 5.27. The highest BCUT2D eigenvalue weighted by atomic mass is 16.5. The lowest BCUT2D eigenvalue weighted by molar-refractivity contribution is 0.0695. The van der Waals surface area contributed by atoms with Crippen LogP contribution in [0.25, 0.3) is 5.57 Å². The molecule has 0 aliphatic heterocycles. The van der Waals surface area contributed by atoms with Crippen LogP contribution < -0.4 is 0 Å². The summed E-state index contributed by atoms with van der Waals surface area (Å²) in [5, 5.41) is 12.5. The number of aromatic carboxylic acids is 1. The van der Waals surface area contributed by atoms with Crippen LogP contribution in [0.4, 0.5) is 0 Å². The molecule has 2 rings (SSSR count). The lowest BCUT2D eigenvalue weighted by atomic mass is 9.93. The molecule has 0 saturated carbocycles. The first-order chi connectivity index (χ1) is 7.99. The van der Waals surface area contributed by atoms with Crippen molar-refractivity contribution in [3.05, 3.63) is 47.9 Å². The summed E-state index contributed by atoms with van der Waals surface area (Å²) >= 11 is 0. The molecule has 0 saturated heterocycles. The average molecular weight is 231 g/mol. The summed E-state index contributed by atoms with van der Waals surface area (Å²) in [5.41, 5.74) is 0.734. The molecular weight excluding hydrogens is 218 g/mol. The molecule has 0 atom stereocenters. The smallest absolute Gasteiger partial charge is 0.341 e. The molecule has 0 aromatic carbocycles. The summed E-state index contributed by atoms with van der Waals surface area (Å²) in [5.74, 6) is -0.751. The summed E-state index contributed by atoms with van der Waals surface area (Å²) in [6.07, 6.45) is 10.8. The second-order valence-electron chi connectivity index (χ2n) is 4.51. The Kier molecular flexibility index (Phi) is 2.71. The maximum Gasteiger partial charge on any atom is 0.341 e. The molecule has 4 nitrogen and oxygen atoms in total. The molecule has 1 aliphatic rings. The van der Waals surface area contributed by atoms with E-state index < -0.39 is 5.97 Å². The number of rotatable bonds is 2. The minimum Gasteiger partial charge on any atom is -0.477 e. The van der Waals surface area contributed by atoms with E-state index in [0.29, 0.717) is 5.57 Å². The van der Waals surface area contributed by atoms with Crippen molar-refractivity contribution in [2.24, 2.45) is 5.41 Å². The van der Waals surface area contributed by atoms with Crippen molar-refractivity contribution in [3.8, 4) is 0 Å². The van der Waals surface area contributed by atoms with Crippen LogP contribution >= 0.6 is 0 Å². The molecule has 17 heavy (non-hydrogen) atoms. The van der Waals surface area contributed by atoms with Gasteiger partial charge in [0.15, 0.2) is 5.76 Å². The number of carboxylic acid groups (broad SMARTS) is 1. The third-order valence-electron chi connectivity index (χ3n) is 2.56. The Bertz CT molecular complexity index is 533. The van der Waals surface area contributed by atoms with Gasteiger partial charge in [-0.25, -0.2) is 4.79 Å². The first kappa shape index (κ1) is 11.4. The van der Waals surface area contributed by atoms with Gasteiger partial charge in [-0.15, -0.1) is 0 Å². The first-order valence-electron chi connectivity index (χ1n) is 5.27. The number of carboxylic acids is 1. The van der Waals surface area contributed by atoms with E-state index in [1.54, 1.807) is 0 Å². The monoisotopic (exact) mass is 231 g/mol. The second kappa shape index (κ2) is 4.05. The van der Waals surface area contributed by atoms with E-state index in [1.807, 2.05) is 30.4 Å². The van der Waals surface area contributed by atoms with Gasteiger partial charge in [-0.3, -0.25) is 0 Å². The zero-order valence-electron chi connectivity index (χ0n) is 9.68. The molecule has 1 aliphatic carbocycles. The molecule has 0 fully saturated rings. The van der Waals surface area contributed by atoms with Gasteiger partial charge in [-0.2, -0.15) is 0 Å². The number of carbonyl (C=O) groups is 1. The molecule has 1 aromatic rings. The molecule has 88 valence electrons. The Hall–Kier alpha value is -2.10. The van der Waals surface area contributed by atoms with Crippen LogP contribution in [0.2, 0.25) is 0 Å². The number of hydrogen-bond acceptors (Lipinski definition) is 3. The zero-order valence-corrected chi connectivity index (χ0v) is 9.68. The number of nitrogens with zero attached hydrogens (tertiary/aromatic N) is 1. The van der Waals surface area contributed by atoms with E-state index in [4.69, 9.17) is 9.63 Å². The zero-order chi connectivity index (χ0) is 12.5. The van der Waals surface area contributed by atoms with Gasteiger partial charge in [0.1, 0.15) is 5.56 Å². The van der Waals surface area contributed by atoms with Crippen LogP contribution in [-0.2, 0) is 0 Å². The van der Waals surface area contributed by atoms with Crippen LogP contribution in [0.5, 0.6) is 0 Å². The molecule has 0 unspecified atom stereocenters.